The van der Waals surface area contributed by atoms with E-state index in [1.165, 1.54) is 6.42 Å². The van der Waals surface area contributed by atoms with Crippen molar-refractivity contribution in [2.24, 2.45) is 0 Å². The zero-order valence-corrected chi connectivity index (χ0v) is 9.26. The number of aliphatic hydroxyl groups excluding tert-OH is 1. The van der Waals surface area contributed by atoms with Crippen LogP contribution in [-0.4, -0.2) is 24.3 Å². The Labute approximate surface area is 95.9 Å². The third-order valence-electron chi connectivity index (χ3n) is 3.14. The molecule has 1 N–H and O–H groups in total. The van der Waals surface area contributed by atoms with Crippen LogP contribution in [0.3, 0.4) is 0 Å². The van der Waals surface area contributed by atoms with Crippen molar-refractivity contribution in [2.45, 2.75) is 25.3 Å². The van der Waals surface area contributed by atoms with Gasteiger partial charge in [-0.05, 0) is 37.5 Å². The van der Waals surface area contributed by atoms with E-state index in [1.54, 1.807) is 6.07 Å². The molecule has 16 heavy (non-hydrogen) atoms. The number of hydrogen-bond donors (Lipinski definition) is 1. The van der Waals surface area contributed by atoms with Gasteiger partial charge in [-0.15, -0.1) is 0 Å². The van der Waals surface area contributed by atoms with E-state index >= 15 is 0 Å². The molecule has 1 aliphatic rings. The highest BCUT2D eigenvalue weighted by Crippen LogP contribution is 2.25. The summed E-state index contributed by atoms with van der Waals surface area (Å²) in [5, 5.41) is 18.2. The van der Waals surface area contributed by atoms with E-state index in [9.17, 15) is 5.11 Å². The Kier molecular flexibility index (Phi) is 3.43. The van der Waals surface area contributed by atoms with Crippen molar-refractivity contribution in [3.63, 3.8) is 0 Å². The van der Waals surface area contributed by atoms with E-state index in [1.807, 2.05) is 18.2 Å². The molecule has 0 bridgehead atoms. The van der Waals surface area contributed by atoms with Crippen LogP contribution in [0.15, 0.2) is 24.3 Å². The Hall–Kier alpha value is -1.53. The number of anilines is 1. The van der Waals surface area contributed by atoms with E-state index in [0.717, 1.165) is 25.1 Å². The Morgan fingerprint density at radius 2 is 2.31 bits per heavy atom. The fourth-order valence-electron chi connectivity index (χ4n) is 2.28. The van der Waals surface area contributed by atoms with Gasteiger partial charge in [0.15, 0.2) is 0 Å². The van der Waals surface area contributed by atoms with Crippen molar-refractivity contribution < 1.29 is 5.11 Å². The van der Waals surface area contributed by atoms with Gasteiger partial charge < -0.3 is 10.0 Å². The Morgan fingerprint density at radius 3 is 3.06 bits per heavy atom. The molecule has 3 heteroatoms. The van der Waals surface area contributed by atoms with Gasteiger partial charge in [0.1, 0.15) is 0 Å². The number of nitriles is 1. The van der Waals surface area contributed by atoms with Crippen molar-refractivity contribution in [1.29, 1.82) is 5.26 Å². The molecule has 0 aliphatic carbocycles. The maximum Gasteiger partial charge on any atom is 0.0992 e. The lowest BCUT2D eigenvalue weighted by Gasteiger charge is -2.36. The second kappa shape index (κ2) is 5.00. The van der Waals surface area contributed by atoms with Gasteiger partial charge in [0, 0.05) is 12.2 Å². The predicted octanol–water partition coefficient (Wildman–Crippen LogP) is 1.91. The zero-order chi connectivity index (χ0) is 11.4. The standard InChI is InChI=1S/C13H16N2O/c14-9-11-4-3-6-12(8-11)15-7-2-1-5-13(15)10-16/h3-4,6,8,13,16H,1-2,5,7,10H2. The number of aliphatic hydroxyl groups is 1. The summed E-state index contributed by atoms with van der Waals surface area (Å²) >= 11 is 0. The summed E-state index contributed by atoms with van der Waals surface area (Å²) < 4.78 is 0. The van der Waals surface area contributed by atoms with Crippen LogP contribution in [0.25, 0.3) is 0 Å². The highest BCUT2D eigenvalue weighted by atomic mass is 16.3. The van der Waals surface area contributed by atoms with E-state index in [0.29, 0.717) is 5.56 Å². The van der Waals surface area contributed by atoms with Gasteiger partial charge >= 0.3 is 0 Å². The topological polar surface area (TPSA) is 47.3 Å². The first-order valence-electron chi connectivity index (χ1n) is 5.73. The van der Waals surface area contributed by atoms with Gasteiger partial charge in [-0.25, -0.2) is 0 Å². The predicted molar refractivity (Wildman–Crippen MR) is 63.2 cm³/mol. The summed E-state index contributed by atoms with van der Waals surface area (Å²) in [5.41, 5.74) is 1.73. The summed E-state index contributed by atoms with van der Waals surface area (Å²) in [6.07, 6.45) is 3.38. The summed E-state index contributed by atoms with van der Waals surface area (Å²) in [5.74, 6) is 0. The Balaban J connectivity index is 2.24. The molecule has 1 atom stereocenters. The van der Waals surface area contributed by atoms with Gasteiger partial charge in [-0.2, -0.15) is 5.26 Å². The summed E-state index contributed by atoms with van der Waals surface area (Å²) in [4.78, 5) is 2.21. The molecule has 2 rings (SSSR count). The lowest BCUT2D eigenvalue weighted by molar-refractivity contribution is 0.240. The first-order chi connectivity index (χ1) is 7.85. The van der Waals surface area contributed by atoms with Crippen LogP contribution < -0.4 is 4.90 Å². The maximum atomic E-state index is 9.34. The molecule has 3 nitrogen and oxygen atoms in total. The molecule has 0 amide bonds. The molecule has 0 spiro atoms. The third-order valence-corrected chi connectivity index (χ3v) is 3.14. The van der Waals surface area contributed by atoms with Crippen LogP contribution in [0, 0.1) is 11.3 Å². The van der Waals surface area contributed by atoms with Crippen molar-refractivity contribution in [1.82, 2.24) is 0 Å². The zero-order valence-electron chi connectivity index (χ0n) is 9.26. The monoisotopic (exact) mass is 216 g/mol. The van der Waals surface area contributed by atoms with Crippen LogP contribution in [0.2, 0.25) is 0 Å². The second-order valence-electron chi connectivity index (χ2n) is 4.19. The number of nitrogens with zero attached hydrogens (tertiary/aromatic N) is 2. The first-order valence-corrected chi connectivity index (χ1v) is 5.73. The lowest BCUT2D eigenvalue weighted by atomic mass is 10.0. The summed E-state index contributed by atoms with van der Waals surface area (Å²) in [6, 6.07) is 9.97. The molecule has 1 unspecified atom stereocenters. The number of piperidine rings is 1. The third kappa shape index (κ3) is 2.17. The van der Waals surface area contributed by atoms with Gasteiger partial charge in [0.25, 0.3) is 0 Å². The average Bonchev–Trinajstić information content (AvgIpc) is 2.38. The largest absolute Gasteiger partial charge is 0.394 e. The minimum atomic E-state index is 0.191. The summed E-state index contributed by atoms with van der Waals surface area (Å²) in [7, 11) is 0. The van der Waals surface area contributed by atoms with Crippen LogP contribution >= 0.6 is 0 Å². The fraction of sp³-hybridized carbons (Fsp3) is 0.462. The first kappa shape index (κ1) is 11.0. The van der Waals surface area contributed by atoms with E-state index in [-0.39, 0.29) is 12.6 Å². The fourth-order valence-corrected chi connectivity index (χ4v) is 2.28. The van der Waals surface area contributed by atoms with Crippen LogP contribution in [0.1, 0.15) is 24.8 Å². The molecule has 0 saturated carbocycles. The quantitative estimate of drug-likeness (QED) is 0.821. The lowest BCUT2D eigenvalue weighted by Crippen LogP contribution is -2.41. The van der Waals surface area contributed by atoms with E-state index in [4.69, 9.17) is 5.26 Å². The summed E-state index contributed by atoms with van der Waals surface area (Å²) in [6.45, 7) is 1.16. The highest BCUT2D eigenvalue weighted by molar-refractivity contribution is 5.52. The van der Waals surface area contributed by atoms with Gasteiger partial charge in [0.2, 0.25) is 0 Å². The molecule has 84 valence electrons. The molecule has 1 aromatic carbocycles. The molecular weight excluding hydrogens is 200 g/mol. The molecule has 0 aromatic heterocycles. The number of rotatable bonds is 2. The van der Waals surface area contributed by atoms with Crippen molar-refractivity contribution >= 4 is 5.69 Å². The molecule has 1 saturated heterocycles. The smallest absolute Gasteiger partial charge is 0.0992 e. The van der Waals surface area contributed by atoms with Crippen molar-refractivity contribution in [3.8, 4) is 6.07 Å². The van der Waals surface area contributed by atoms with Crippen LogP contribution in [-0.2, 0) is 0 Å². The average molecular weight is 216 g/mol. The maximum absolute atomic E-state index is 9.34. The molecule has 1 aromatic rings. The van der Waals surface area contributed by atoms with Gasteiger partial charge in [0.05, 0.1) is 24.3 Å². The molecule has 1 fully saturated rings. The van der Waals surface area contributed by atoms with E-state index in [2.05, 4.69) is 11.0 Å². The van der Waals surface area contributed by atoms with Crippen molar-refractivity contribution in [2.75, 3.05) is 18.1 Å². The number of benzene rings is 1. The molecule has 0 radical (unpaired) electrons. The minimum Gasteiger partial charge on any atom is -0.394 e. The SMILES string of the molecule is N#Cc1cccc(N2CCCCC2CO)c1. The van der Waals surface area contributed by atoms with Gasteiger partial charge in [-0.1, -0.05) is 6.07 Å². The second-order valence-corrected chi connectivity index (χ2v) is 4.19. The number of hydrogen-bond acceptors (Lipinski definition) is 3. The Morgan fingerprint density at radius 1 is 1.44 bits per heavy atom. The molecule has 1 heterocycles. The van der Waals surface area contributed by atoms with E-state index < -0.39 is 0 Å². The Bertz CT molecular complexity index is 397. The highest BCUT2D eigenvalue weighted by Gasteiger charge is 2.21. The minimum absolute atomic E-state index is 0.191. The van der Waals surface area contributed by atoms with Crippen LogP contribution in [0.4, 0.5) is 5.69 Å². The van der Waals surface area contributed by atoms with Crippen LogP contribution in [0.5, 0.6) is 0 Å². The molecule has 1 aliphatic heterocycles. The molecular formula is C13H16N2O. The van der Waals surface area contributed by atoms with Gasteiger partial charge in [-0.3, -0.25) is 0 Å². The van der Waals surface area contributed by atoms with Crippen molar-refractivity contribution in [3.05, 3.63) is 29.8 Å². The normalized spacial score (nSPS) is 20.5.